The van der Waals surface area contributed by atoms with Crippen LogP contribution in [0, 0.1) is 17.8 Å². The van der Waals surface area contributed by atoms with Crippen LogP contribution in [0.5, 0.6) is 0 Å². The second kappa shape index (κ2) is 8.56. The van der Waals surface area contributed by atoms with Gasteiger partial charge >= 0.3 is 6.18 Å². The first-order chi connectivity index (χ1) is 16.5. The molecule has 1 spiro atoms. The van der Waals surface area contributed by atoms with Crippen LogP contribution in [0.2, 0.25) is 0 Å². The number of halogens is 3. The van der Waals surface area contributed by atoms with E-state index in [4.69, 9.17) is 9.73 Å². The minimum atomic E-state index is -4.39. The Labute approximate surface area is 202 Å². The van der Waals surface area contributed by atoms with Crippen LogP contribution in [0.3, 0.4) is 0 Å². The van der Waals surface area contributed by atoms with Crippen molar-refractivity contribution in [2.45, 2.75) is 56.6 Å². The van der Waals surface area contributed by atoms with Gasteiger partial charge in [-0.15, -0.1) is 0 Å². The van der Waals surface area contributed by atoms with Gasteiger partial charge in [0.15, 0.2) is 0 Å². The van der Waals surface area contributed by atoms with Crippen molar-refractivity contribution in [2.75, 3.05) is 39.8 Å². The summed E-state index contributed by atoms with van der Waals surface area (Å²) in [4.78, 5) is 38.8. The summed E-state index contributed by atoms with van der Waals surface area (Å²) >= 11 is 0. The summed E-state index contributed by atoms with van der Waals surface area (Å²) in [5.74, 6) is -0.576. The Morgan fingerprint density at radius 1 is 1.26 bits per heavy atom. The molecule has 5 heterocycles. The lowest BCUT2D eigenvalue weighted by Crippen LogP contribution is -2.74. The molecule has 0 bridgehead atoms. The largest absolute Gasteiger partial charge is 0.407 e. The summed E-state index contributed by atoms with van der Waals surface area (Å²) in [6.45, 7) is 3.53. The van der Waals surface area contributed by atoms with Crippen LogP contribution in [-0.4, -0.2) is 115 Å². The molecule has 0 radical (unpaired) electrons. The summed E-state index contributed by atoms with van der Waals surface area (Å²) in [6.07, 6.45) is 0.526. The van der Waals surface area contributed by atoms with Crippen molar-refractivity contribution in [2.24, 2.45) is 32.8 Å². The first-order valence-electron chi connectivity index (χ1n) is 12.1. The molecular weight excluding hydrogens is 465 g/mol. The van der Waals surface area contributed by atoms with Crippen molar-refractivity contribution in [3.05, 3.63) is 0 Å². The van der Waals surface area contributed by atoms with Gasteiger partial charge in [0, 0.05) is 32.4 Å². The third-order valence-corrected chi connectivity index (χ3v) is 8.04. The Hall–Kier alpha value is -2.50. The number of hydrazone groups is 1. The highest BCUT2D eigenvalue weighted by Crippen LogP contribution is 2.47. The predicted molar refractivity (Wildman–Crippen MR) is 122 cm³/mol. The molecule has 0 aliphatic carbocycles. The molecule has 5 rings (SSSR count). The molecule has 2 fully saturated rings. The van der Waals surface area contributed by atoms with Crippen molar-refractivity contribution in [3.8, 4) is 0 Å². The SMILES string of the molecule is COC1CN=CC(C2CC(C)C3C(=O)N(C4C=NN(CC(F)(F)F)C4)C4(CN(C(C)=O)C4)C3=N2)C1. The van der Waals surface area contributed by atoms with E-state index in [0.29, 0.717) is 26.1 Å². The number of carbonyl (C=O) groups excluding carboxylic acids is 2. The lowest BCUT2D eigenvalue weighted by molar-refractivity contribution is -0.152. The first kappa shape index (κ1) is 24.2. The molecule has 35 heavy (non-hydrogen) atoms. The summed E-state index contributed by atoms with van der Waals surface area (Å²) in [5, 5.41) is 4.90. The Morgan fingerprint density at radius 3 is 2.66 bits per heavy atom. The number of aliphatic imine (C=N–C) groups is 2. The third kappa shape index (κ3) is 4.13. The lowest BCUT2D eigenvalue weighted by atomic mass is 9.72. The van der Waals surface area contributed by atoms with Gasteiger partial charge in [-0.05, 0) is 18.8 Å². The van der Waals surface area contributed by atoms with E-state index in [1.165, 1.54) is 13.1 Å². The van der Waals surface area contributed by atoms with Crippen LogP contribution in [0.15, 0.2) is 15.1 Å². The second-order valence-electron chi connectivity index (χ2n) is 10.5. The summed E-state index contributed by atoms with van der Waals surface area (Å²) < 4.78 is 44.4. The number of hydrogen-bond acceptors (Lipinski definition) is 7. The van der Waals surface area contributed by atoms with E-state index in [9.17, 15) is 22.8 Å². The molecule has 9 nitrogen and oxygen atoms in total. The lowest BCUT2D eigenvalue weighted by Gasteiger charge is -2.54. The maximum Gasteiger partial charge on any atom is 0.407 e. The zero-order chi connectivity index (χ0) is 25.1. The number of fused-ring (bicyclic) bond motifs is 2. The predicted octanol–water partition coefficient (Wildman–Crippen LogP) is 1.23. The van der Waals surface area contributed by atoms with E-state index < -0.39 is 30.2 Å². The molecule has 12 heteroatoms. The number of hydrogen-bond donors (Lipinski definition) is 0. The van der Waals surface area contributed by atoms with Gasteiger partial charge in [0.05, 0.1) is 56.0 Å². The Balaban J connectivity index is 1.46. The van der Waals surface area contributed by atoms with Crippen molar-refractivity contribution in [1.29, 1.82) is 0 Å². The van der Waals surface area contributed by atoms with Crippen LogP contribution in [0.1, 0.15) is 26.7 Å². The number of amides is 2. The molecule has 192 valence electrons. The second-order valence-corrected chi connectivity index (χ2v) is 10.5. The zero-order valence-corrected chi connectivity index (χ0v) is 20.1. The minimum Gasteiger partial charge on any atom is -0.380 e. The summed E-state index contributed by atoms with van der Waals surface area (Å²) in [7, 11) is 1.67. The van der Waals surface area contributed by atoms with E-state index in [2.05, 4.69) is 10.1 Å². The fourth-order valence-corrected chi connectivity index (χ4v) is 6.35. The van der Waals surface area contributed by atoms with Gasteiger partial charge in [-0.3, -0.25) is 24.6 Å². The van der Waals surface area contributed by atoms with Crippen LogP contribution < -0.4 is 0 Å². The van der Waals surface area contributed by atoms with Gasteiger partial charge in [0.2, 0.25) is 11.8 Å². The van der Waals surface area contributed by atoms with Crippen LogP contribution >= 0.6 is 0 Å². The van der Waals surface area contributed by atoms with Gasteiger partial charge < -0.3 is 14.5 Å². The smallest absolute Gasteiger partial charge is 0.380 e. The average Bonchev–Trinajstić information content (AvgIpc) is 3.30. The van der Waals surface area contributed by atoms with Crippen LogP contribution in [-0.2, 0) is 14.3 Å². The monoisotopic (exact) mass is 496 g/mol. The molecule has 5 aliphatic heterocycles. The van der Waals surface area contributed by atoms with E-state index >= 15 is 0 Å². The van der Waals surface area contributed by atoms with E-state index in [1.807, 2.05) is 13.1 Å². The Kier molecular flexibility index (Phi) is 5.92. The van der Waals surface area contributed by atoms with Crippen molar-refractivity contribution >= 4 is 30.0 Å². The van der Waals surface area contributed by atoms with E-state index in [0.717, 1.165) is 17.1 Å². The Bertz CT molecular complexity index is 976. The normalized spacial score (nSPS) is 36.0. The van der Waals surface area contributed by atoms with Gasteiger partial charge in [0.1, 0.15) is 12.1 Å². The van der Waals surface area contributed by atoms with E-state index in [1.54, 1.807) is 16.9 Å². The van der Waals surface area contributed by atoms with E-state index in [-0.39, 0.29) is 42.3 Å². The number of likely N-dealkylation sites (tertiary alicyclic amines) is 2. The number of carbonyl (C=O) groups is 2. The maximum absolute atomic E-state index is 13.8. The average molecular weight is 497 g/mol. The molecule has 6 atom stereocenters. The first-order valence-corrected chi connectivity index (χ1v) is 12.1. The molecule has 0 aromatic carbocycles. The Morgan fingerprint density at radius 2 is 2.00 bits per heavy atom. The van der Waals surface area contributed by atoms with Gasteiger partial charge in [-0.2, -0.15) is 18.3 Å². The summed E-state index contributed by atoms with van der Waals surface area (Å²) in [6, 6.07) is -0.667. The van der Waals surface area contributed by atoms with Crippen LogP contribution in [0.4, 0.5) is 13.2 Å². The third-order valence-electron chi connectivity index (χ3n) is 8.04. The minimum absolute atomic E-state index is 0.00851. The fraction of sp³-hybridized carbons (Fsp3) is 0.783. The van der Waals surface area contributed by atoms with Crippen molar-refractivity contribution < 1.29 is 27.5 Å². The molecular formula is C23H31F3N6O3. The number of rotatable bonds is 4. The molecule has 0 saturated carbocycles. The molecule has 2 amide bonds. The number of methoxy groups -OCH3 is 1. The molecule has 0 N–H and O–H groups in total. The fourth-order valence-electron chi connectivity index (χ4n) is 6.35. The molecule has 5 aliphatic rings. The molecule has 6 unspecified atom stereocenters. The summed E-state index contributed by atoms with van der Waals surface area (Å²) in [5.41, 5.74) is -0.0445. The number of nitrogens with zero attached hydrogens (tertiary/aromatic N) is 6. The van der Waals surface area contributed by atoms with Crippen molar-refractivity contribution in [3.63, 3.8) is 0 Å². The standard InChI is InChI=1S/C23H31F3N6O3/c1-13-4-18(15-5-17(35-3)8-27-6-15)29-20-19(13)21(34)32(22(20)10-30(11-22)14(2)33)16-7-28-31(9-16)12-23(24,25)26/h6-7,13,15-19H,4-5,8-12H2,1-3H3. The molecule has 0 aromatic heterocycles. The topological polar surface area (TPSA) is 90.2 Å². The zero-order valence-electron chi connectivity index (χ0n) is 20.1. The van der Waals surface area contributed by atoms with Gasteiger partial charge in [-0.1, -0.05) is 6.92 Å². The maximum atomic E-state index is 13.8. The number of alkyl halides is 3. The van der Waals surface area contributed by atoms with Gasteiger partial charge in [-0.25, -0.2) is 0 Å². The highest BCUT2D eigenvalue weighted by molar-refractivity contribution is 6.18. The molecule has 2 saturated heterocycles. The van der Waals surface area contributed by atoms with Crippen LogP contribution in [0.25, 0.3) is 0 Å². The highest BCUT2D eigenvalue weighted by atomic mass is 19.4. The quantitative estimate of drug-likeness (QED) is 0.586. The molecule has 0 aromatic rings. The van der Waals surface area contributed by atoms with Gasteiger partial charge in [0.25, 0.3) is 0 Å². The number of ether oxygens (including phenoxy) is 1. The highest BCUT2D eigenvalue weighted by Gasteiger charge is 2.66. The van der Waals surface area contributed by atoms with Crippen molar-refractivity contribution in [1.82, 2.24) is 14.8 Å².